The van der Waals surface area contributed by atoms with Crippen LogP contribution in [0.3, 0.4) is 0 Å². The van der Waals surface area contributed by atoms with Crippen LogP contribution in [0.2, 0.25) is 0 Å². The van der Waals surface area contributed by atoms with Gasteiger partial charge < -0.3 is 30.2 Å². The van der Waals surface area contributed by atoms with E-state index in [2.05, 4.69) is 5.32 Å². The molecule has 4 N–H and O–H groups in total. The molecule has 0 aromatic heterocycles. The maximum atomic E-state index is 10.6. The molecule has 0 aliphatic carbocycles. The summed E-state index contributed by atoms with van der Waals surface area (Å²) in [4.78, 5) is 10.6. The second kappa shape index (κ2) is 11.1. The predicted molar refractivity (Wildman–Crippen MR) is 95.2 cm³/mol. The maximum absolute atomic E-state index is 10.6. The number of aliphatic hydroxyl groups excluding tert-OH is 1. The third-order valence-electron chi connectivity index (χ3n) is 3.41. The van der Waals surface area contributed by atoms with Crippen LogP contribution in [0.15, 0.2) is 12.1 Å². The van der Waals surface area contributed by atoms with E-state index in [4.69, 9.17) is 4.74 Å². The van der Waals surface area contributed by atoms with Crippen LogP contribution in [-0.2, 0) is 11.2 Å². The monoisotopic (exact) mass is 361 g/mol. The summed E-state index contributed by atoms with van der Waals surface area (Å²) < 4.78 is 5.57. The molecule has 0 amide bonds. The third-order valence-corrected chi connectivity index (χ3v) is 3.41. The number of ether oxygens (including phenoxy) is 1. The molecule has 0 fully saturated rings. The zero-order valence-corrected chi connectivity index (χ0v) is 15.2. The van der Waals surface area contributed by atoms with Gasteiger partial charge in [-0.15, -0.1) is 12.4 Å². The van der Waals surface area contributed by atoms with Crippen molar-refractivity contribution in [2.45, 2.75) is 45.8 Å². The highest BCUT2D eigenvalue weighted by atomic mass is 35.5. The van der Waals surface area contributed by atoms with E-state index in [1.807, 2.05) is 20.8 Å². The number of aliphatic hydroxyl groups is 1. The molecule has 0 spiro atoms. The van der Waals surface area contributed by atoms with Gasteiger partial charge in [0.1, 0.15) is 36.2 Å². The number of benzene rings is 1. The number of phenols is 2. The van der Waals surface area contributed by atoms with E-state index in [9.17, 15) is 20.1 Å². The summed E-state index contributed by atoms with van der Waals surface area (Å²) in [6.07, 6.45) is 0.952. The lowest BCUT2D eigenvalue weighted by Crippen LogP contribution is -2.35. The SMILES string of the molecule is CC(C)NCC(O)COc1cc(O)cc(O)c1C[C@H](C)CC=O.Cl. The van der Waals surface area contributed by atoms with Crippen LogP contribution >= 0.6 is 12.4 Å². The highest BCUT2D eigenvalue weighted by Crippen LogP contribution is 2.35. The van der Waals surface area contributed by atoms with Crippen molar-refractivity contribution in [3.63, 3.8) is 0 Å². The molecule has 0 aliphatic heterocycles. The van der Waals surface area contributed by atoms with Crippen LogP contribution < -0.4 is 10.1 Å². The van der Waals surface area contributed by atoms with Gasteiger partial charge in [0.2, 0.25) is 0 Å². The van der Waals surface area contributed by atoms with Crippen molar-refractivity contribution in [2.24, 2.45) is 5.92 Å². The Morgan fingerprint density at radius 2 is 1.92 bits per heavy atom. The first-order valence-corrected chi connectivity index (χ1v) is 7.86. The Bertz CT molecular complexity index is 510. The lowest BCUT2D eigenvalue weighted by Gasteiger charge is -2.19. The van der Waals surface area contributed by atoms with Gasteiger partial charge in [-0.2, -0.15) is 0 Å². The van der Waals surface area contributed by atoms with Crippen LogP contribution in [-0.4, -0.2) is 46.9 Å². The number of carbonyl (C=O) groups is 1. The molecule has 1 unspecified atom stereocenters. The van der Waals surface area contributed by atoms with Crippen molar-refractivity contribution in [1.82, 2.24) is 5.32 Å². The minimum absolute atomic E-state index is 0. The largest absolute Gasteiger partial charge is 0.508 e. The zero-order chi connectivity index (χ0) is 17.4. The van der Waals surface area contributed by atoms with Gasteiger partial charge in [-0.3, -0.25) is 0 Å². The number of hydrogen-bond acceptors (Lipinski definition) is 6. The lowest BCUT2D eigenvalue weighted by atomic mass is 9.97. The van der Waals surface area contributed by atoms with Crippen molar-refractivity contribution in [3.05, 3.63) is 17.7 Å². The molecule has 0 saturated carbocycles. The van der Waals surface area contributed by atoms with Gasteiger partial charge in [-0.05, 0) is 12.3 Å². The molecule has 6 nitrogen and oxygen atoms in total. The summed E-state index contributed by atoms with van der Waals surface area (Å²) >= 11 is 0. The average Bonchev–Trinajstić information content (AvgIpc) is 2.46. The van der Waals surface area contributed by atoms with Crippen molar-refractivity contribution in [1.29, 1.82) is 0 Å². The van der Waals surface area contributed by atoms with E-state index < -0.39 is 6.10 Å². The Balaban J connectivity index is 0.00000529. The normalized spacial score (nSPS) is 13.2. The Morgan fingerprint density at radius 1 is 1.25 bits per heavy atom. The van der Waals surface area contributed by atoms with E-state index in [-0.39, 0.29) is 42.5 Å². The van der Waals surface area contributed by atoms with Crippen LogP contribution in [0.25, 0.3) is 0 Å². The molecule has 2 atom stereocenters. The minimum atomic E-state index is -0.706. The fourth-order valence-electron chi connectivity index (χ4n) is 2.16. The molecular weight excluding hydrogens is 334 g/mol. The van der Waals surface area contributed by atoms with Gasteiger partial charge in [-0.25, -0.2) is 0 Å². The number of halogens is 1. The summed E-state index contributed by atoms with van der Waals surface area (Å²) in [5.41, 5.74) is 0.529. The summed E-state index contributed by atoms with van der Waals surface area (Å²) in [7, 11) is 0. The molecule has 0 bridgehead atoms. The smallest absolute Gasteiger partial charge is 0.130 e. The molecule has 1 aromatic carbocycles. The lowest BCUT2D eigenvalue weighted by molar-refractivity contribution is -0.108. The third kappa shape index (κ3) is 7.86. The topological polar surface area (TPSA) is 99.0 Å². The van der Waals surface area contributed by atoms with E-state index in [1.165, 1.54) is 12.1 Å². The fraction of sp³-hybridized carbons (Fsp3) is 0.588. The van der Waals surface area contributed by atoms with Crippen molar-refractivity contribution < 1.29 is 24.9 Å². The first-order valence-electron chi connectivity index (χ1n) is 7.86. The summed E-state index contributed by atoms with van der Waals surface area (Å²) in [5, 5.41) is 32.7. The number of aldehydes is 1. The van der Waals surface area contributed by atoms with Crippen LogP contribution in [0.5, 0.6) is 17.2 Å². The molecule has 0 heterocycles. The Morgan fingerprint density at radius 3 is 2.50 bits per heavy atom. The number of rotatable bonds is 10. The van der Waals surface area contributed by atoms with E-state index in [0.29, 0.717) is 30.7 Å². The predicted octanol–water partition coefficient (Wildman–Crippen LogP) is 2.02. The van der Waals surface area contributed by atoms with Crippen molar-refractivity contribution in [2.75, 3.05) is 13.2 Å². The quantitative estimate of drug-likeness (QED) is 0.476. The number of phenolic OH excluding ortho intramolecular Hbond substituents is 2. The first kappa shape index (κ1) is 22.5. The minimum Gasteiger partial charge on any atom is -0.508 e. The van der Waals surface area contributed by atoms with Crippen molar-refractivity contribution >= 4 is 18.7 Å². The molecule has 7 heteroatoms. The van der Waals surface area contributed by atoms with Gasteiger partial charge >= 0.3 is 0 Å². The average molecular weight is 362 g/mol. The number of carbonyl (C=O) groups excluding carboxylic acids is 1. The van der Waals surface area contributed by atoms with Gasteiger partial charge in [0, 0.05) is 36.7 Å². The molecule has 0 aliphatic rings. The van der Waals surface area contributed by atoms with Crippen LogP contribution in [0, 0.1) is 5.92 Å². The van der Waals surface area contributed by atoms with Gasteiger partial charge in [0.05, 0.1) is 0 Å². The second-order valence-corrected chi connectivity index (χ2v) is 6.18. The Kier molecular flexibility index (Phi) is 10.4. The molecule has 0 saturated heterocycles. The maximum Gasteiger partial charge on any atom is 0.130 e. The second-order valence-electron chi connectivity index (χ2n) is 6.18. The fourth-order valence-corrected chi connectivity index (χ4v) is 2.16. The first-order chi connectivity index (χ1) is 10.8. The summed E-state index contributed by atoms with van der Waals surface area (Å²) in [6.45, 7) is 6.28. The van der Waals surface area contributed by atoms with Gasteiger partial charge in [0.15, 0.2) is 0 Å². The standard InChI is InChI=1S/C17H27NO5.ClH/c1-11(2)18-9-14(21)10-23-17-8-13(20)7-16(22)15(17)6-12(3)4-5-19;/h5,7-8,11-12,14,18,20-22H,4,6,9-10H2,1-3H3;1H/t12-,14?;/m1./s1. The Labute approximate surface area is 149 Å². The molecule has 24 heavy (non-hydrogen) atoms. The van der Waals surface area contributed by atoms with E-state index in [1.54, 1.807) is 0 Å². The number of aromatic hydroxyl groups is 2. The van der Waals surface area contributed by atoms with Crippen molar-refractivity contribution in [3.8, 4) is 17.2 Å². The number of hydrogen-bond donors (Lipinski definition) is 4. The van der Waals surface area contributed by atoms with E-state index >= 15 is 0 Å². The molecule has 1 rings (SSSR count). The molecule has 0 radical (unpaired) electrons. The number of nitrogens with one attached hydrogen (secondary N) is 1. The Hall–Kier alpha value is -1.50. The molecule has 1 aromatic rings. The van der Waals surface area contributed by atoms with E-state index in [0.717, 1.165) is 6.29 Å². The van der Waals surface area contributed by atoms with Gasteiger partial charge in [0.25, 0.3) is 0 Å². The summed E-state index contributed by atoms with van der Waals surface area (Å²) in [6, 6.07) is 2.91. The highest BCUT2D eigenvalue weighted by molar-refractivity contribution is 5.85. The molecule has 138 valence electrons. The van der Waals surface area contributed by atoms with Crippen LogP contribution in [0.4, 0.5) is 0 Å². The summed E-state index contributed by atoms with van der Waals surface area (Å²) in [5.74, 6) is 0.174. The molecular formula is C17H28ClNO5. The zero-order valence-electron chi connectivity index (χ0n) is 14.4. The van der Waals surface area contributed by atoms with Crippen LogP contribution in [0.1, 0.15) is 32.8 Å². The highest BCUT2D eigenvalue weighted by Gasteiger charge is 2.16. The van der Waals surface area contributed by atoms with Gasteiger partial charge in [-0.1, -0.05) is 20.8 Å².